The average Bonchev–Trinajstić information content (AvgIpc) is 2.72. The number of benzene rings is 2. The molecular weight excluding hydrogens is 620 g/mol. The molecule has 15 heteroatoms. The molecule has 6 nitrogen and oxygen atoms in total. The molecule has 0 bridgehead atoms. The van der Waals surface area contributed by atoms with Crippen LogP contribution in [0.25, 0.3) is 0 Å². The van der Waals surface area contributed by atoms with E-state index in [9.17, 15) is 20.4 Å². The third-order valence-corrected chi connectivity index (χ3v) is 5.90. The summed E-state index contributed by atoms with van der Waals surface area (Å²) in [5.74, 6) is -3.74. The molecule has 0 unspecified atom stereocenters. The Morgan fingerprint density at radius 1 is 0.452 bits per heavy atom. The van der Waals surface area contributed by atoms with Gasteiger partial charge in [-0.1, -0.05) is 116 Å². The third-order valence-electron chi connectivity index (χ3n) is 2.37. The van der Waals surface area contributed by atoms with Crippen LogP contribution in [-0.2, 0) is 17.4 Å². The van der Waals surface area contributed by atoms with Crippen LogP contribution in [0.3, 0.4) is 0 Å². The van der Waals surface area contributed by atoms with E-state index in [2.05, 4.69) is 0 Å². The molecule has 0 heterocycles. The zero-order valence-electron chi connectivity index (χ0n) is 15.0. The van der Waals surface area contributed by atoms with Gasteiger partial charge in [-0.3, -0.25) is 0 Å². The van der Waals surface area contributed by atoms with Crippen LogP contribution >= 0.6 is 92.8 Å². The normalized spacial score (nSPS) is 8.52. The standard InChI is InChI=1S/2C6H2Cl4O2.2C2H3N.Cr/c2*7-1-2(8)4(10)6(12)5(11)3(1)9;2*1-2-3;/h2*11-12H;2*1H3;/q;;;;+4/p-4. The molecule has 0 spiro atoms. The SMILES string of the molecule is CC#N.CC#N.[Cr+4].[O-]c1c([O-])c(Cl)c(Cl)c(Cl)c1Cl.[O-]c1c([O-])c(Cl)c(Cl)c(Cl)c1Cl. The van der Waals surface area contributed by atoms with E-state index >= 15 is 0 Å². The van der Waals surface area contributed by atoms with E-state index in [4.69, 9.17) is 103 Å². The van der Waals surface area contributed by atoms with Crippen molar-refractivity contribution in [3.63, 3.8) is 0 Å². The summed E-state index contributed by atoms with van der Waals surface area (Å²) in [4.78, 5) is 0. The van der Waals surface area contributed by atoms with Crippen molar-refractivity contribution in [1.29, 1.82) is 10.5 Å². The molecule has 0 aliphatic heterocycles. The maximum atomic E-state index is 10.9. The second-order valence-electron chi connectivity index (χ2n) is 4.28. The Kier molecular flexibility index (Phi) is 19.2. The monoisotopic (exact) mass is 622 g/mol. The molecular formula is C16H6Cl8CrN2O4. The maximum absolute atomic E-state index is 10.9. The summed E-state index contributed by atoms with van der Waals surface area (Å²) in [5.41, 5.74) is 0. The first-order valence-corrected chi connectivity index (χ1v) is 9.80. The zero-order chi connectivity index (χ0) is 24.3. The fourth-order valence-electron chi connectivity index (χ4n) is 1.18. The Labute approximate surface area is 228 Å². The molecule has 0 fully saturated rings. The third kappa shape index (κ3) is 9.87. The van der Waals surface area contributed by atoms with Gasteiger partial charge < -0.3 is 20.4 Å². The number of hydrogen-bond donors (Lipinski definition) is 0. The van der Waals surface area contributed by atoms with Gasteiger partial charge in [0.05, 0.1) is 52.3 Å². The summed E-state index contributed by atoms with van der Waals surface area (Å²) in [7, 11) is 0. The van der Waals surface area contributed by atoms with Crippen molar-refractivity contribution in [2.24, 2.45) is 0 Å². The van der Waals surface area contributed by atoms with Crippen molar-refractivity contribution in [3.05, 3.63) is 40.2 Å². The Balaban J connectivity index is -0.000000394. The molecule has 0 saturated carbocycles. The van der Waals surface area contributed by atoms with Gasteiger partial charge in [-0.05, 0) is 0 Å². The van der Waals surface area contributed by atoms with Crippen LogP contribution in [0.15, 0.2) is 0 Å². The van der Waals surface area contributed by atoms with Crippen molar-refractivity contribution >= 4 is 92.8 Å². The van der Waals surface area contributed by atoms with Crippen LogP contribution in [-0.4, -0.2) is 0 Å². The Morgan fingerprint density at radius 3 is 0.645 bits per heavy atom. The van der Waals surface area contributed by atoms with E-state index < -0.39 is 43.1 Å². The Morgan fingerprint density at radius 2 is 0.548 bits per heavy atom. The number of hydrogen-bond acceptors (Lipinski definition) is 6. The van der Waals surface area contributed by atoms with Crippen LogP contribution in [0.5, 0.6) is 23.0 Å². The molecule has 0 aliphatic rings. The van der Waals surface area contributed by atoms with Crippen LogP contribution in [0.4, 0.5) is 0 Å². The smallest absolute Gasteiger partial charge is 0.872 e. The minimum Gasteiger partial charge on any atom is -0.872 e. The van der Waals surface area contributed by atoms with E-state index in [0.29, 0.717) is 0 Å². The van der Waals surface area contributed by atoms with E-state index in [0.717, 1.165) is 0 Å². The van der Waals surface area contributed by atoms with Gasteiger partial charge in [0.2, 0.25) is 0 Å². The molecule has 0 aromatic heterocycles. The quantitative estimate of drug-likeness (QED) is 0.262. The fraction of sp³-hybridized carbons (Fsp3) is 0.125. The van der Waals surface area contributed by atoms with Crippen LogP contribution in [0, 0.1) is 22.7 Å². The topological polar surface area (TPSA) is 140 Å². The van der Waals surface area contributed by atoms with Gasteiger partial charge in [0.15, 0.2) is 0 Å². The Bertz CT molecular complexity index is 704. The van der Waals surface area contributed by atoms with Crippen molar-refractivity contribution in [2.45, 2.75) is 13.8 Å². The minimum atomic E-state index is -0.934. The van der Waals surface area contributed by atoms with Gasteiger partial charge in [0, 0.05) is 13.8 Å². The summed E-state index contributed by atoms with van der Waals surface area (Å²) in [6.45, 7) is 2.86. The summed E-state index contributed by atoms with van der Waals surface area (Å²) in [5, 5.41) is 55.9. The molecule has 2 aromatic carbocycles. The number of halogens is 8. The van der Waals surface area contributed by atoms with Gasteiger partial charge in [-0.2, -0.15) is 10.5 Å². The molecule has 0 radical (unpaired) electrons. The first-order chi connectivity index (χ1) is 13.8. The van der Waals surface area contributed by atoms with Crippen molar-refractivity contribution < 1.29 is 37.8 Å². The maximum Gasteiger partial charge on any atom is 4.00 e. The van der Waals surface area contributed by atoms with Gasteiger partial charge >= 0.3 is 17.4 Å². The molecule has 0 atom stereocenters. The first-order valence-electron chi connectivity index (χ1n) is 6.78. The van der Waals surface area contributed by atoms with Crippen LogP contribution in [0.1, 0.15) is 13.8 Å². The fourth-order valence-corrected chi connectivity index (χ4v) is 2.82. The molecule has 2 aromatic rings. The first kappa shape index (κ1) is 35.1. The van der Waals surface area contributed by atoms with E-state index in [1.165, 1.54) is 13.8 Å². The van der Waals surface area contributed by atoms with Gasteiger partial charge in [0.25, 0.3) is 0 Å². The predicted molar refractivity (Wildman–Crippen MR) is 113 cm³/mol. The van der Waals surface area contributed by atoms with Crippen LogP contribution in [0.2, 0.25) is 40.2 Å². The minimum absolute atomic E-state index is 0. The predicted octanol–water partition coefficient (Wildman–Crippen LogP) is 5.95. The van der Waals surface area contributed by atoms with Gasteiger partial charge in [0.1, 0.15) is 0 Å². The van der Waals surface area contributed by atoms with E-state index in [1.54, 1.807) is 12.1 Å². The summed E-state index contributed by atoms with van der Waals surface area (Å²) < 4.78 is 0. The molecule has 166 valence electrons. The number of nitriles is 2. The second-order valence-corrected chi connectivity index (χ2v) is 7.30. The summed E-state index contributed by atoms with van der Waals surface area (Å²) in [6, 6.07) is 3.50. The summed E-state index contributed by atoms with van der Waals surface area (Å²) >= 11 is 43.4. The molecule has 0 amide bonds. The molecule has 0 aliphatic carbocycles. The van der Waals surface area contributed by atoms with E-state index in [1.807, 2.05) is 0 Å². The van der Waals surface area contributed by atoms with Crippen molar-refractivity contribution in [1.82, 2.24) is 0 Å². The molecule has 0 saturated heterocycles. The molecule has 2 rings (SSSR count). The number of nitrogens with zero attached hydrogens (tertiary/aromatic N) is 2. The van der Waals surface area contributed by atoms with Gasteiger partial charge in [-0.25, -0.2) is 0 Å². The number of rotatable bonds is 0. The Hall–Kier alpha value is -0.528. The average molecular weight is 626 g/mol. The van der Waals surface area contributed by atoms with Crippen LogP contribution < -0.4 is 20.4 Å². The zero-order valence-corrected chi connectivity index (χ0v) is 22.3. The van der Waals surface area contributed by atoms with Gasteiger partial charge in [-0.15, -0.1) is 0 Å². The summed E-state index contributed by atoms with van der Waals surface area (Å²) in [6.07, 6.45) is 0. The van der Waals surface area contributed by atoms with Crippen molar-refractivity contribution in [2.75, 3.05) is 0 Å². The second kappa shape index (κ2) is 17.0. The largest absolute Gasteiger partial charge is 4.00 e. The molecule has 31 heavy (non-hydrogen) atoms. The van der Waals surface area contributed by atoms with E-state index in [-0.39, 0.29) is 37.5 Å². The molecule has 0 N–H and O–H groups in total. The van der Waals surface area contributed by atoms with Crippen molar-refractivity contribution in [3.8, 4) is 35.1 Å².